The Morgan fingerprint density at radius 1 is 0.852 bits per heavy atom. The van der Waals surface area contributed by atoms with Gasteiger partial charge in [0.25, 0.3) is 8.32 Å². The molecule has 5 heteroatoms. The summed E-state index contributed by atoms with van der Waals surface area (Å²) in [5.74, 6) is 1.69. The second-order valence-electron chi connectivity index (χ2n) is 8.20. The van der Waals surface area contributed by atoms with Gasteiger partial charge in [-0.15, -0.1) is 0 Å². The minimum Gasteiger partial charge on any atom is -0.543 e. The molecule has 0 aliphatic carbocycles. The van der Waals surface area contributed by atoms with E-state index in [4.69, 9.17) is 9.16 Å². The van der Waals surface area contributed by atoms with E-state index in [0.717, 1.165) is 34.0 Å². The lowest BCUT2D eigenvalue weighted by molar-refractivity contribution is 0.411. The highest BCUT2D eigenvalue weighted by Crippen LogP contribution is 2.44. The number of aromatic nitrogens is 2. The second kappa shape index (κ2) is 8.42. The molecular formula is C22H34N2O2Si. The number of hydrogen-bond donors (Lipinski definition) is 0. The SMILES string of the molecule is COc1cc(O[Si](C(C)C)(C(C)C)C(C)C)ccc1-c1c(C)ncnc1C. The largest absolute Gasteiger partial charge is 0.543 e. The highest BCUT2D eigenvalue weighted by molar-refractivity contribution is 6.78. The van der Waals surface area contributed by atoms with Gasteiger partial charge in [0.15, 0.2) is 0 Å². The molecule has 2 aromatic rings. The van der Waals surface area contributed by atoms with Gasteiger partial charge in [-0.2, -0.15) is 0 Å². The van der Waals surface area contributed by atoms with Crippen LogP contribution in [0.4, 0.5) is 0 Å². The molecule has 0 radical (unpaired) electrons. The Hall–Kier alpha value is -1.88. The first-order valence-electron chi connectivity index (χ1n) is 9.80. The molecule has 0 bridgehead atoms. The van der Waals surface area contributed by atoms with Crippen molar-refractivity contribution in [3.63, 3.8) is 0 Å². The summed E-state index contributed by atoms with van der Waals surface area (Å²) in [5, 5.41) is 0. The molecule has 27 heavy (non-hydrogen) atoms. The molecule has 0 aliphatic heterocycles. The molecule has 0 atom stereocenters. The summed E-state index contributed by atoms with van der Waals surface area (Å²) in [6.45, 7) is 17.8. The van der Waals surface area contributed by atoms with Gasteiger partial charge in [-0.05, 0) is 42.6 Å². The Labute approximate surface area is 165 Å². The monoisotopic (exact) mass is 386 g/mol. The Bertz CT molecular complexity index is 746. The molecule has 1 heterocycles. The normalized spacial score (nSPS) is 12.1. The van der Waals surface area contributed by atoms with Crippen LogP contribution >= 0.6 is 0 Å². The van der Waals surface area contributed by atoms with Crippen LogP contribution in [0.1, 0.15) is 52.9 Å². The Balaban J connectivity index is 2.53. The number of methoxy groups -OCH3 is 1. The standard InChI is InChI=1S/C22H34N2O2Si/c1-14(2)27(15(3)4,16(5)6)26-19-10-11-20(21(12-19)25-9)22-17(7)23-13-24-18(22)8/h10-16H,1-9H3. The molecule has 1 aromatic heterocycles. The van der Waals surface area contributed by atoms with Crippen LogP contribution in [-0.2, 0) is 0 Å². The molecule has 0 fully saturated rings. The number of aryl methyl sites for hydroxylation is 2. The predicted octanol–water partition coefficient (Wildman–Crippen LogP) is 6.32. The zero-order chi connectivity index (χ0) is 20.4. The predicted molar refractivity (Wildman–Crippen MR) is 115 cm³/mol. The van der Waals surface area contributed by atoms with Gasteiger partial charge < -0.3 is 9.16 Å². The maximum Gasteiger partial charge on any atom is 0.258 e. The van der Waals surface area contributed by atoms with E-state index in [0.29, 0.717) is 16.6 Å². The fourth-order valence-electron chi connectivity index (χ4n) is 4.48. The Morgan fingerprint density at radius 3 is 1.81 bits per heavy atom. The Morgan fingerprint density at radius 2 is 1.37 bits per heavy atom. The van der Waals surface area contributed by atoms with E-state index >= 15 is 0 Å². The third-order valence-corrected chi connectivity index (χ3v) is 11.7. The van der Waals surface area contributed by atoms with Gasteiger partial charge in [0, 0.05) is 28.6 Å². The van der Waals surface area contributed by atoms with Crippen LogP contribution in [0, 0.1) is 13.8 Å². The molecule has 0 amide bonds. The van der Waals surface area contributed by atoms with Gasteiger partial charge in [-0.25, -0.2) is 9.97 Å². The summed E-state index contributed by atoms with van der Waals surface area (Å²) in [6, 6.07) is 6.17. The zero-order valence-corrected chi connectivity index (χ0v) is 19.3. The molecule has 4 nitrogen and oxygen atoms in total. The van der Waals surface area contributed by atoms with Crippen LogP contribution in [0.2, 0.25) is 16.6 Å². The van der Waals surface area contributed by atoms with Gasteiger partial charge in [0.05, 0.1) is 7.11 Å². The van der Waals surface area contributed by atoms with E-state index in [1.807, 2.05) is 19.9 Å². The van der Waals surface area contributed by atoms with Crippen molar-refractivity contribution in [1.82, 2.24) is 9.97 Å². The van der Waals surface area contributed by atoms with Crippen molar-refractivity contribution in [2.75, 3.05) is 7.11 Å². The molecular weight excluding hydrogens is 352 g/mol. The fraction of sp³-hybridized carbons (Fsp3) is 0.545. The fourth-order valence-corrected chi connectivity index (χ4v) is 9.72. The highest BCUT2D eigenvalue weighted by Gasteiger charge is 2.47. The molecule has 2 rings (SSSR count). The molecule has 0 aliphatic rings. The molecule has 0 spiro atoms. The van der Waals surface area contributed by atoms with Gasteiger partial charge >= 0.3 is 0 Å². The van der Waals surface area contributed by atoms with Gasteiger partial charge in [-0.1, -0.05) is 41.5 Å². The first kappa shape index (κ1) is 21.4. The first-order chi connectivity index (χ1) is 12.6. The van der Waals surface area contributed by atoms with Gasteiger partial charge in [0.2, 0.25) is 0 Å². The van der Waals surface area contributed by atoms with Crippen LogP contribution < -0.4 is 9.16 Å². The van der Waals surface area contributed by atoms with E-state index < -0.39 is 8.32 Å². The molecule has 0 saturated carbocycles. The summed E-state index contributed by atoms with van der Waals surface area (Å²) in [5.41, 5.74) is 5.50. The van der Waals surface area contributed by atoms with Crippen LogP contribution in [-0.4, -0.2) is 25.4 Å². The van der Waals surface area contributed by atoms with E-state index in [1.165, 1.54) is 0 Å². The first-order valence-corrected chi connectivity index (χ1v) is 11.9. The highest BCUT2D eigenvalue weighted by atomic mass is 28.4. The zero-order valence-electron chi connectivity index (χ0n) is 18.3. The minimum absolute atomic E-state index is 0.523. The lowest BCUT2D eigenvalue weighted by atomic mass is 10.0. The smallest absolute Gasteiger partial charge is 0.258 e. The molecule has 0 unspecified atom stereocenters. The third kappa shape index (κ3) is 4.03. The Kier molecular flexibility index (Phi) is 6.68. The van der Waals surface area contributed by atoms with Crippen molar-refractivity contribution >= 4 is 8.32 Å². The van der Waals surface area contributed by atoms with E-state index in [2.05, 4.69) is 63.6 Å². The summed E-state index contributed by atoms with van der Waals surface area (Å²) in [7, 11) is -0.299. The van der Waals surface area contributed by atoms with E-state index in [9.17, 15) is 0 Å². The topological polar surface area (TPSA) is 44.2 Å². The number of nitrogens with zero attached hydrogens (tertiary/aromatic N) is 2. The van der Waals surface area contributed by atoms with Crippen LogP contribution in [0.25, 0.3) is 11.1 Å². The average molecular weight is 387 g/mol. The molecule has 1 aromatic carbocycles. The van der Waals surface area contributed by atoms with Crippen LogP contribution in [0.3, 0.4) is 0 Å². The molecule has 0 N–H and O–H groups in total. The number of rotatable bonds is 7. The van der Waals surface area contributed by atoms with Crippen molar-refractivity contribution in [2.45, 2.75) is 72.0 Å². The number of benzene rings is 1. The van der Waals surface area contributed by atoms with Gasteiger partial charge in [0.1, 0.15) is 17.8 Å². The van der Waals surface area contributed by atoms with Crippen molar-refractivity contribution in [3.05, 3.63) is 35.9 Å². The third-order valence-electron chi connectivity index (χ3n) is 5.67. The minimum atomic E-state index is -2.00. The molecule has 148 valence electrons. The van der Waals surface area contributed by atoms with Crippen molar-refractivity contribution in [1.29, 1.82) is 0 Å². The quantitative estimate of drug-likeness (QED) is 0.522. The maximum absolute atomic E-state index is 6.81. The summed E-state index contributed by atoms with van der Waals surface area (Å²) in [6.07, 6.45) is 1.60. The van der Waals surface area contributed by atoms with E-state index in [1.54, 1.807) is 13.4 Å². The molecule has 0 saturated heterocycles. The van der Waals surface area contributed by atoms with Crippen LogP contribution in [0.5, 0.6) is 11.5 Å². The van der Waals surface area contributed by atoms with Crippen molar-refractivity contribution in [2.24, 2.45) is 0 Å². The van der Waals surface area contributed by atoms with Crippen molar-refractivity contribution < 1.29 is 9.16 Å². The average Bonchev–Trinajstić information content (AvgIpc) is 2.59. The van der Waals surface area contributed by atoms with Crippen LogP contribution in [0.15, 0.2) is 24.5 Å². The summed E-state index contributed by atoms with van der Waals surface area (Å²) >= 11 is 0. The van der Waals surface area contributed by atoms with Gasteiger partial charge in [-0.3, -0.25) is 0 Å². The second-order valence-corrected chi connectivity index (χ2v) is 13.6. The lowest BCUT2D eigenvalue weighted by Crippen LogP contribution is -2.50. The number of ether oxygens (including phenoxy) is 1. The maximum atomic E-state index is 6.81. The summed E-state index contributed by atoms with van der Waals surface area (Å²) < 4.78 is 12.5. The van der Waals surface area contributed by atoms with Crippen molar-refractivity contribution in [3.8, 4) is 22.6 Å². The number of hydrogen-bond acceptors (Lipinski definition) is 4. The summed E-state index contributed by atoms with van der Waals surface area (Å²) in [4.78, 5) is 8.70. The van der Waals surface area contributed by atoms with E-state index in [-0.39, 0.29) is 0 Å². The lowest BCUT2D eigenvalue weighted by Gasteiger charge is -2.42.